The summed E-state index contributed by atoms with van der Waals surface area (Å²) in [4.78, 5) is 9.92. The van der Waals surface area contributed by atoms with Gasteiger partial charge < -0.3 is 10.2 Å². The average molecular weight is 283 g/mol. The zero-order valence-corrected chi connectivity index (χ0v) is 11.0. The quantitative estimate of drug-likeness (QED) is 0.653. The standard InChI is InChI=1S/C11H11ClN4OS/c12-9-2-1-8(18-9)11-14-7-3-4-17-5-6(7)10(15-11)16-13/h1-2H,3-5,13H2,(H,14,15,16). The molecule has 7 heteroatoms. The molecule has 0 saturated heterocycles. The summed E-state index contributed by atoms with van der Waals surface area (Å²) in [6.07, 6.45) is 0.776. The molecule has 3 rings (SSSR count). The van der Waals surface area contributed by atoms with E-state index in [2.05, 4.69) is 15.4 Å². The second-order valence-corrected chi connectivity index (χ2v) is 5.59. The summed E-state index contributed by atoms with van der Waals surface area (Å²) < 4.78 is 6.11. The summed E-state index contributed by atoms with van der Waals surface area (Å²) in [5.74, 6) is 6.79. The Morgan fingerprint density at radius 3 is 3.00 bits per heavy atom. The molecular formula is C11H11ClN4OS. The minimum atomic E-state index is 0.500. The van der Waals surface area contributed by atoms with Gasteiger partial charge in [0.2, 0.25) is 0 Å². The number of anilines is 1. The van der Waals surface area contributed by atoms with Crippen LogP contribution in [-0.4, -0.2) is 16.6 Å². The summed E-state index contributed by atoms with van der Waals surface area (Å²) in [7, 11) is 0. The number of halogens is 1. The molecule has 2 aromatic rings. The van der Waals surface area contributed by atoms with Crippen LogP contribution in [0, 0.1) is 0 Å². The Hall–Kier alpha value is -1.21. The van der Waals surface area contributed by atoms with Crippen LogP contribution in [0.5, 0.6) is 0 Å². The van der Waals surface area contributed by atoms with Gasteiger partial charge in [0.05, 0.1) is 28.1 Å². The molecule has 18 heavy (non-hydrogen) atoms. The predicted molar refractivity (Wildman–Crippen MR) is 71.5 cm³/mol. The van der Waals surface area contributed by atoms with Crippen LogP contribution < -0.4 is 11.3 Å². The first-order chi connectivity index (χ1) is 8.78. The third-order valence-corrected chi connectivity index (χ3v) is 3.98. The van der Waals surface area contributed by atoms with Gasteiger partial charge in [0, 0.05) is 12.0 Å². The number of fused-ring (bicyclic) bond motifs is 1. The number of rotatable bonds is 2. The van der Waals surface area contributed by atoms with Crippen LogP contribution in [0.3, 0.4) is 0 Å². The van der Waals surface area contributed by atoms with Gasteiger partial charge in [-0.05, 0) is 12.1 Å². The van der Waals surface area contributed by atoms with E-state index in [0.29, 0.717) is 24.9 Å². The molecule has 0 aromatic carbocycles. The van der Waals surface area contributed by atoms with Crippen LogP contribution in [0.25, 0.3) is 10.7 Å². The summed E-state index contributed by atoms with van der Waals surface area (Å²) >= 11 is 7.38. The monoisotopic (exact) mass is 282 g/mol. The molecule has 1 aliphatic heterocycles. The van der Waals surface area contributed by atoms with Crippen molar-refractivity contribution in [3.63, 3.8) is 0 Å². The van der Waals surface area contributed by atoms with Gasteiger partial charge in [0.1, 0.15) is 5.82 Å². The van der Waals surface area contributed by atoms with E-state index in [1.807, 2.05) is 12.1 Å². The number of nitrogens with zero attached hydrogens (tertiary/aromatic N) is 2. The van der Waals surface area contributed by atoms with Gasteiger partial charge in [-0.3, -0.25) is 0 Å². The van der Waals surface area contributed by atoms with E-state index < -0.39 is 0 Å². The Labute approximate surface area is 113 Å². The summed E-state index contributed by atoms with van der Waals surface area (Å²) in [5, 5.41) is 0. The fourth-order valence-corrected chi connectivity index (χ4v) is 2.87. The third kappa shape index (κ3) is 2.08. The maximum absolute atomic E-state index is 5.93. The van der Waals surface area contributed by atoms with Crippen LogP contribution in [0.1, 0.15) is 11.3 Å². The van der Waals surface area contributed by atoms with Gasteiger partial charge in [-0.2, -0.15) is 0 Å². The molecule has 0 amide bonds. The lowest BCUT2D eigenvalue weighted by Crippen LogP contribution is -2.19. The van der Waals surface area contributed by atoms with Gasteiger partial charge in [0.25, 0.3) is 0 Å². The Kier molecular flexibility index (Phi) is 3.17. The Morgan fingerprint density at radius 2 is 2.28 bits per heavy atom. The van der Waals surface area contributed by atoms with Crippen molar-refractivity contribution in [1.29, 1.82) is 0 Å². The van der Waals surface area contributed by atoms with Gasteiger partial charge in [0.15, 0.2) is 5.82 Å². The van der Waals surface area contributed by atoms with Crippen molar-refractivity contribution in [2.45, 2.75) is 13.0 Å². The molecule has 3 N–H and O–H groups in total. The molecule has 94 valence electrons. The van der Waals surface area contributed by atoms with E-state index in [-0.39, 0.29) is 0 Å². The molecule has 0 atom stereocenters. The molecule has 0 bridgehead atoms. The molecular weight excluding hydrogens is 272 g/mol. The zero-order chi connectivity index (χ0) is 12.5. The van der Waals surface area contributed by atoms with E-state index in [1.54, 1.807) is 0 Å². The molecule has 5 nitrogen and oxygen atoms in total. The van der Waals surface area contributed by atoms with E-state index in [4.69, 9.17) is 22.2 Å². The molecule has 0 aliphatic carbocycles. The number of hydrogen-bond acceptors (Lipinski definition) is 6. The van der Waals surface area contributed by atoms with Crippen LogP contribution in [0.15, 0.2) is 12.1 Å². The van der Waals surface area contributed by atoms with Gasteiger partial charge in [-0.1, -0.05) is 11.6 Å². The molecule has 2 aromatic heterocycles. The number of thiophene rings is 1. The maximum Gasteiger partial charge on any atom is 0.171 e. The van der Waals surface area contributed by atoms with Gasteiger partial charge in [-0.15, -0.1) is 11.3 Å². The first kappa shape index (κ1) is 11.9. The summed E-state index contributed by atoms with van der Waals surface area (Å²) in [6, 6.07) is 3.75. The van der Waals surface area contributed by atoms with E-state index in [9.17, 15) is 0 Å². The summed E-state index contributed by atoms with van der Waals surface area (Å²) in [5.41, 5.74) is 4.54. The SMILES string of the molecule is NNc1nc(-c2ccc(Cl)s2)nc2c1COCC2. The van der Waals surface area contributed by atoms with E-state index >= 15 is 0 Å². The zero-order valence-electron chi connectivity index (χ0n) is 9.44. The van der Waals surface area contributed by atoms with Crippen LogP contribution in [-0.2, 0) is 17.8 Å². The highest BCUT2D eigenvalue weighted by Gasteiger charge is 2.18. The fourth-order valence-electron chi connectivity index (χ4n) is 1.90. The maximum atomic E-state index is 5.93. The normalized spacial score (nSPS) is 14.3. The van der Waals surface area contributed by atoms with Crippen molar-refractivity contribution < 1.29 is 4.74 Å². The molecule has 0 fully saturated rings. The fraction of sp³-hybridized carbons (Fsp3) is 0.273. The first-order valence-electron chi connectivity index (χ1n) is 5.48. The number of hydrazine groups is 1. The Balaban J connectivity index is 2.11. The number of ether oxygens (including phenoxy) is 1. The average Bonchev–Trinajstić information content (AvgIpc) is 2.84. The molecule has 0 radical (unpaired) electrons. The van der Waals surface area contributed by atoms with Gasteiger partial charge in [-0.25, -0.2) is 15.8 Å². The van der Waals surface area contributed by atoms with Crippen molar-refractivity contribution >= 4 is 28.8 Å². The highest BCUT2D eigenvalue weighted by Crippen LogP contribution is 2.31. The number of aromatic nitrogens is 2. The van der Waals surface area contributed by atoms with Crippen LogP contribution in [0.4, 0.5) is 5.82 Å². The predicted octanol–water partition coefficient (Wildman–Crippen LogP) is 2.22. The number of nitrogen functional groups attached to an aromatic ring is 1. The number of nitrogens with two attached hydrogens (primary N) is 1. The highest BCUT2D eigenvalue weighted by molar-refractivity contribution is 7.19. The largest absolute Gasteiger partial charge is 0.376 e. The first-order valence-corrected chi connectivity index (χ1v) is 6.67. The smallest absolute Gasteiger partial charge is 0.171 e. The molecule has 0 saturated carbocycles. The van der Waals surface area contributed by atoms with Crippen LogP contribution >= 0.6 is 22.9 Å². The van der Waals surface area contributed by atoms with Crippen molar-refractivity contribution in [3.8, 4) is 10.7 Å². The van der Waals surface area contributed by atoms with Crippen molar-refractivity contribution in [1.82, 2.24) is 9.97 Å². The second-order valence-electron chi connectivity index (χ2n) is 3.87. The van der Waals surface area contributed by atoms with E-state index in [1.165, 1.54) is 11.3 Å². The molecule has 3 heterocycles. The lowest BCUT2D eigenvalue weighted by Gasteiger charge is -2.18. The third-order valence-electron chi connectivity index (χ3n) is 2.75. The second kappa shape index (κ2) is 4.81. The van der Waals surface area contributed by atoms with Crippen molar-refractivity contribution in [2.24, 2.45) is 5.84 Å². The topological polar surface area (TPSA) is 73.1 Å². The van der Waals surface area contributed by atoms with Crippen molar-refractivity contribution in [2.75, 3.05) is 12.0 Å². The lowest BCUT2D eigenvalue weighted by atomic mass is 10.1. The number of hydrogen-bond donors (Lipinski definition) is 2. The van der Waals surface area contributed by atoms with Gasteiger partial charge >= 0.3 is 0 Å². The minimum Gasteiger partial charge on any atom is -0.376 e. The highest BCUT2D eigenvalue weighted by atomic mass is 35.5. The Bertz CT molecular complexity index is 569. The van der Waals surface area contributed by atoms with Crippen molar-refractivity contribution in [3.05, 3.63) is 27.7 Å². The van der Waals surface area contributed by atoms with E-state index in [0.717, 1.165) is 26.9 Å². The number of nitrogens with one attached hydrogen (secondary N) is 1. The molecule has 0 unspecified atom stereocenters. The minimum absolute atomic E-state index is 0.500. The summed E-state index contributed by atoms with van der Waals surface area (Å²) in [6.45, 7) is 1.18. The molecule has 1 aliphatic rings. The van der Waals surface area contributed by atoms with Crippen LogP contribution in [0.2, 0.25) is 4.34 Å². The molecule has 0 spiro atoms. The Morgan fingerprint density at radius 1 is 1.39 bits per heavy atom. The lowest BCUT2D eigenvalue weighted by molar-refractivity contribution is 0.109.